The number of aryl methyl sites for hydroxylation is 1. The number of benzene rings is 1. The second-order valence-electron chi connectivity index (χ2n) is 6.06. The fraction of sp³-hybridized carbons (Fsp3) is 0.500. The lowest BCUT2D eigenvalue weighted by atomic mass is 10.2. The molecule has 1 aliphatic heterocycles. The highest BCUT2D eigenvalue weighted by Crippen LogP contribution is 2.21. The molecule has 7 nitrogen and oxygen atoms in total. The molecule has 25 heavy (non-hydrogen) atoms. The zero-order valence-corrected chi connectivity index (χ0v) is 14.8. The minimum absolute atomic E-state index is 0.150. The van der Waals surface area contributed by atoms with Gasteiger partial charge < -0.3 is 19.1 Å². The van der Waals surface area contributed by atoms with Crippen LogP contribution in [-0.2, 0) is 11.2 Å². The molecule has 0 saturated carbocycles. The quantitative estimate of drug-likeness (QED) is 0.796. The van der Waals surface area contributed by atoms with Gasteiger partial charge in [0.2, 0.25) is 17.6 Å². The van der Waals surface area contributed by atoms with E-state index < -0.39 is 0 Å². The summed E-state index contributed by atoms with van der Waals surface area (Å²) in [7, 11) is 1.62. The maximum absolute atomic E-state index is 12.3. The first-order valence-corrected chi connectivity index (χ1v) is 8.66. The number of amides is 1. The van der Waals surface area contributed by atoms with Gasteiger partial charge in [0, 0.05) is 44.6 Å². The first kappa shape index (κ1) is 17.4. The van der Waals surface area contributed by atoms with Crippen molar-refractivity contribution in [1.29, 1.82) is 0 Å². The lowest BCUT2D eigenvalue weighted by molar-refractivity contribution is -0.132. The van der Waals surface area contributed by atoms with Crippen LogP contribution in [0.25, 0.3) is 11.4 Å². The van der Waals surface area contributed by atoms with E-state index in [-0.39, 0.29) is 5.91 Å². The van der Waals surface area contributed by atoms with E-state index in [1.54, 1.807) is 7.11 Å². The monoisotopic (exact) mass is 344 g/mol. The summed E-state index contributed by atoms with van der Waals surface area (Å²) in [5.41, 5.74) is 0.830. The van der Waals surface area contributed by atoms with Gasteiger partial charge in [0.15, 0.2) is 0 Å². The zero-order valence-electron chi connectivity index (χ0n) is 14.8. The molecular weight excluding hydrogens is 320 g/mol. The Labute approximate surface area is 147 Å². The molecule has 1 aromatic heterocycles. The highest BCUT2D eigenvalue weighted by molar-refractivity contribution is 5.76. The van der Waals surface area contributed by atoms with E-state index >= 15 is 0 Å². The number of rotatable bonds is 6. The van der Waals surface area contributed by atoms with Crippen LogP contribution in [0.15, 0.2) is 28.8 Å². The average Bonchev–Trinajstić information content (AvgIpc) is 3.15. The Morgan fingerprint density at radius 1 is 1.28 bits per heavy atom. The summed E-state index contributed by atoms with van der Waals surface area (Å²) in [6.45, 7) is 6.67. The number of piperazine rings is 1. The molecule has 1 fully saturated rings. The van der Waals surface area contributed by atoms with Gasteiger partial charge in [-0.15, -0.1) is 0 Å². The maximum Gasteiger partial charge on any atom is 0.227 e. The number of likely N-dealkylation sites (N-methyl/N-ethyl adjacent to an activating group) is 1. The summed E-state index contributed by atoms with van der Waals surface area (Å²) in [4.78, 5) is 21.0. The van der Waals surface area contributed by atoms with E-state index in [2.05, 4.69) is 22.0 Å². The standard InChI is InChI=1S/C18H24N4O3/c1-3-21-9-11-22(12-10-21)17(23)8-7-16-19-18(20-25-16)14-5-4-6-15(13-14)24-2/h4-6,13H,3,7-12H2,1-2H3. The highest BCUT2D eigenvalue weighted by atomic mass is 16.5. The van der Waals surface area contributed by atoms with Crippen molar-refractivity contribution in [3.63, 3.8) is 0 Å². The zero-order chi connectivity index (χ0) is 17.6. The van der Waals surface area contributed by atoms with Gasteiger partial charge in [0.1, 0.15) is 5.75 Å². The second-order valence-corrected chi connectivity index (χ2v) is 6.06. The molecule has 0 spiro atoms. The van der Waals surface area contributed by atoms with Crippen molar-refractivity contribution in [2.45, 2.75) is 19.8 Å². The van der Waals surface area contributed by atoms with E-state index in [4.69, 9.17) is 9.26 Å². The van der Waals surface area contributed by atoms with Crippen molar-refractivity contribution in [3.8, 4) is 17.1 Å². The predicted octanol–water partition coefficient (Wildman–Crippen LogP) is 1.84. The fourth-order valence-electron chi connectivity index (χ4n) is 2.92. The largest absolute Gasteiger partial charge is 0.497 e. The van der Waals surface area contributed by atoms with Crippen LogP contribution in [0.2, 0.25) is 0 Å². The fourth-order valence-corrected chi connectivity index (χ4v) is 2.92. The molecule has 7 heteroatoms. The molecule has 1 saturated heterocycles. The SMILES string of the molecule is CCN1CCN(C(=O)CCc2nc(-c3cccc(OC)c3)no2)CC1. The molecule has 0 N–H and O–H groups in total. The van der Waals surface area contributed by atoms with Gasteiger partial charge in [-0.3, -0.25) is 4.79 Å². The van der Waals surface area contributed by atoms with Crippen LogP contribution < -0.4 is 4.74 Å². The van der Waals surface area contributed by atoms with Crippen LogP contribution in [0.1, 0.15) is 19.2 Å². The summed E-state index contributed by atoms with van der Waals surface area (Å²) < 4.78 is 10.5. The molecule has 1 amide bonds. The minimum atomic E-state index is 0.150. The number of aromatic nitrogens is 2. The number of methoxy groups -OCH3 is 1. The van der Waals surface area contributed by atoms with Gasteiger partial charge >= 0.3 is 0 Å². The van der Waals surface area contributed by atoms with Crippen molar-refractivity contribution in [2.24, 2.45) is 0 Å². The van der Waals surface area contributed by atoms with E-state index in [9.17, 15) is 4.79 Å². The molecule has 0 atom stereocenters. The number of carbonyl (C=O) groups is 1. The third-order valence-corrected chi connectivity index (χ3v) is 4.52. The van der Waals surface area contributed by atoms with Crippen molar-refractivity contribution < 1.29 is 14.1 Å². The lowest BCUT2D eigenvalue weighted by Crippen LogP contribution is -2.48. The Bertz CT molecular complexity index is 708. The Hall–Kier alpha value is -2.41. The molecule has 1 aliphatic rings. The van der Waals surface area contributed by atoms with Crippen LogP contribution >= 0.6 is 0 Å². The lowest BCUT2D eigenvalue weighted by Gasteiger charge is -2.34. The van der Waals surface area contributed by atoms with Gasteiger partial charge in [-0.2, -0.15) is 4.98 Å². The van der Waals surface area contributed by atoms with Crippen LogP contribution in [0, 0.1) is 0 Å². The number of nitrogens with zero attached hydrogens (tertiary/aromatic N) is 4. The van der Waals surface area contributed by atoms with E-state index in [1.165, 1.54) is 0 Å². The number of carbonyl (C=O) groups excluding carboxylic acids is 1. The Morgan fingerprint density at radius 3 is 2.80 bits per heavy atom. The van der Waals surface area contributed by atoms with Crippen molar-refractivity contribution in [2.75, 3.05) is 39.8 Å². The maximum atomic E-state index is 12.3. The normalized spacial score (nSPS) is 15.4. The molecule has 1 aromatic carbocycles. The van der Waals surface area contributed by atoms with Crippen molar-refractivity contribution >= 4 is 5.91 Å². The molecule has 0 unspecified atom stereocenters. The topological polar surface area (TPSA) is 71.7 Å². The molecule has 0 radical (unpaired) electrons. The van der Waals surface area contributed by atoms with Crippen LogP contribution in [-0.4, -0.2) is 65.7 Å². The van der Waals surface area contributed by atoms with Crippen molar-refractivity contribution in [1.82, 2.24) is 19.9 Å². The summed E-state index contributed by atoms with van der Waals surface area (Å²) in [6, 6.07) is 7.49. The summed E-state index contributed by atoms with van der Waals surface area (Å²) in [5, 5.41) is 4.00. The molecular formula is C18H24N4O3. The van der Waals surface area contributed by atoms with Crippen LogP contribution in [0.4, 0.5) is 0 Å². The van der Waals surface area contributed by atoms with Gasteiger partial charge in [0.05, 0.1) is 7.11 Å². The molecule has 134 valence electrons. The van der Waals surface area contributed by atoms with Crippen LogP contribution in [0.5, 0.6) is 5.75 Å². The molecule has 2 aromatic rings. The van der Waals surface area contributed by atoms with Gasteiger partial charge in [-0.25, -0.2) is 0 Å². The van der Waals surface area contributed by atoms with E-state index in [0.717, 1.165) is 44.0 Å². The van der Waals surface area contributed by atoms with Crippen molar-refractivity contribution in [3.05, 3.63) is 30.2 Å². The van der Waals surface area contributed by atoms with Gasteiger partial charge in [0.25, 0.3) is 0 Å². The third-order valence-electron chi connectivity index (χ3n) is 4.52. The first-order chi connectivity index (χ1) is 12.2. The first-order valence-electron chi connectivity index (χ1n) is 8.66. The number of hydrogen-bond acceptors (Lipinski definition) is 6. The smallest absolute Gasteiger partial charge is 0.227 e. The summed E-state index contributed by atoms with van der Waals surface area (Å²) in [6.07, 6.45) is 0.857. The molecule has 3 rings (SSSR count). The third kappa shape index (κ3) is 4.36. The Morgan fingerprint density at radius 2 is 2.08 bits per heavy atom. The van der Waals surface area contributed by atoms with Crippen LogP contribution in [0.3, 0.4) is 0 Å². The van der Waals surface area contributed by atoms with Gasteiger partial charge in [-0.05, 0) is 18.7 Å². The van der Waals surface area contributed by atoms with Gasteiger partial charge in [-0.1, -0.05) is 24.2 Å². The molecule has 0 bridgehead atoms. The van der Waals surface area contributed by atoms with E-state index in [0.29, 0.717) is 24.6 Å². The highest BCUT2D eigenvalue weighted by Gasteiger charge is 2.20. The predicted molar refractivity (Wildman–Crippen MR) is 93.3 cm³/mol. The molecule has 0 aliphatic carbocycles. The number of ether oxygens (including phenoxy) is 1. The minimum Gasteiger partial charge on any atom is -0.497 e. The summed E-state index contributed by atoms with van der Waals surface area (Å²) in [5.74, 6) is 1.89. The molecule has 2 heterocycles. The Kier molecular flexibility index (Phi) is 5.65. The second kappa shape index (κ2) is 8.11. The Balaban J connectivity index is 1.54. The summed E-state index contributed by atoms with van der Waals surface area (Å²) >= 11 is 0. The van der Waals surface area contributed by atoms with E-state index in [1.807, 2.05) is 29.2 Å². The average molecular weight is 344 g/mol. The number of hydrogen-bond donors (Lipinski definition) is 0.